The number of nitrogen functional groups attached to an aromatic ring is 1. The molecule has 2 fully saturated rings. The first-order valence-electron chi connectivity index (χ1n) is 15.5. The molecular formula is C33H47N7O. The minimum absolute atomic E-state index is 0.0303. The molecule has 0 unspecified atom stereocenters. The fraction of sp³-hybridized carbons (Fsp3) is 0.606. The number of benzene rings is 1. The Morgan fingerprint density at radius 3 is 2.59 bits per heavy atom. The van der Waals surface area contributed by atoms with Gasteiger partial charge in [-0.3, -0.25) is 4.90 Å². The van der Waals surface area contributed by atoms with Gasteiger partial charge in [-0.1, -0.05) is 26.8 Å². The van der Waals surface area contributed by atoms with Gasteiger partial charge in [-0.05, 0) is 87.0 Å². The minimum atomic E-state index is -0.372. The number of fused-ring (bicyclic) bond motifs is 2. The van der Waals surface area contributed by atoms with Gasteiger partial charge in [-0.25, -0.2) is 15.0 Å². The number of aliphatic hydroxyl groups is 1. The molecule has 3 N–H and O–H groups in total. The van der Waals surface area contributed by atoms with Gasteiger partial charge in [0.2, 0.25) is 0 Å². The Balaban J connectivity index is 1.05. The molecule has 3 aromatic heterocycles. The fourth-order valence-corrected chi connectivity index (χ4v) is 7.36. The molecule has 3 atom stereocenters. The summed E-state index contributed by atoms with van der Waals surface area (Å²) in [5, 5.41) is 11.9. The highest BCUT2D eigenvalue weighted by Crippen LogP contribution is 2.41. The molecule has 4 aromatic rings. The van der Waals surface area contributed by atoms with Crippen LogP contribution in [0.5, 0.6) is 0 Å². The Morgan fingerprint density at radius 1 is 1.07 bits per heavy atom. The van der Waals surface area contributed by atoms with Gasteiger partial charge < -0.3 is 20.0 Å². The molecule has 0 aliphatic heterocycles. The molecule has 2 aliphatic rings. The third-order valence-corrected chi connectivity index (χ3v) is 9.92. The van der Waals surface area contributed by atoms with Crippen molar-refractivity contribution in [2.45, 2.75) is 103 Å². The highest BCUT2D eigenvalue weighted by atomic mass is 16.3. The zero-order valence-corrected chi connectivity index (χ0v) is 25.6. The van der Waals surface area contributed by atoms with E-state index in [9.17, 15) is 5.11 Å². The predicted molar refractivity (Wildman–Crippen MR) is 166 cm³/mol. The Labute approximate surface area is 244 Å². The van der Waals surface area contributed by atoms with E-state index in [1.807, 2.05) is 12.3 Å². The number of aliphatic hydroxyl groups excluding tert-OH is 1. The number of hydrogen-bond donors (Lipinski definition) is 2. The summed E-state index contributed by atoms with van der Waals surface area (Å²) in [6, 6.07) is 9.88. The maximum absolute atomic E-state index is 11.0. The maximum Gasteiger partial charge on any atom is 0.145 e. The highest BCUT2D eigenvalue weighted by Gasteiger charge is 2.40. The normalized spacial score (nSPS) is 25.1. The predicted octanol–water partition coefficient (Wildman–Crippen LogP) is 5.63. The van der Waals surface area contributed by atoms with Crippen LogP contribution in [0.2, 0.25) is 0 Å². The van der Waals surface area contributed by atoms with Gasteiger partial charge in [-0.15, -0.1) is 0 Å². The number of aryl methyl sites for hydroxylation is 2. The van der Waals surface area contributed by atoms with E-state index < -0.39 is 0 Å². The van der Waals surface area contributed by atoms with Crippen LogP contribution >= 0.6 is 0 Å². The molecule has 0 bridgehead atoms. The lowest BCUT2D eigenvalue weighted by atomic mass is 9.76. The molecule has 0 radical (unpaired) electrons. The molecule has 0 spiro atoms. The van der Waals surface area contributed by atoms with Gasteiger partial charge in [0.05, 0.1) is 28.6 Å². The Morgan fingerprint density at radius 2 is 1.85 bits per heavy atom. The summed E-state index contributed by atoms with van der Waals surface area (Å²) in [6.07, 6.45) is 9.68. The van der Waals surface area contributed by atoms with Crippen LogP contribution < -0.4 is 5.73 Å². The molecule has 1 aromatic carbocycles. The third kappa shape index (κ3) is 5.37. The van der Waals surface area contributed by atoms with Crippen LogP contribution in [0, 0.1) is 11.8 Å². The van der Waals surface area contributed by atoms with Gasteiger partial charge in [0.1, 0.15) is 23.6 Å². The van der Waals surface area contributed by atoms with Gasteiger partial charge >= 0.3 is 0 Å². The van der Waals surface area contributed by atoms with Crippen molar-refractivity contribution in [1.82, 2.24) is 29.0 Å². The molecule has 0 amide bonds. The summed E-state index contributed by atoms with van der Waals surface area (Å²) in [7, 11) is 2.16. The zero-order chi connectivity index (χ0) is 29.1. The van der Waals surface area contributed by atoms with E-state index in [-0.39, 0.29) is 17.6 Å². The molecule has 3 heterocycles. The number of nitrogens with zero attached hydrogens (tertiary/aromatic N) is 6. The van der Waals surface area contributed by atoms with Crippen LogP contribution in [0.1, 0.15) is 84.2 Å². The molecule has 8 heteroatoms. The number of imidazole rings is 1. The summed E-state index contributed by atoms with van der Waals surface area (Å²) in [6.45, 7) is 12.5. The van der Waals surface area contributed by atoms with Gasteiger partial charge in [-0.2, -0.15) is 0 Å². The molecule has 2 saturated carbocycles. The average molecular weight is 558 g/mol. The zero-order valence-electron chi connectivity index (χ0n) is 25.6. The monoisotopic (exact) mass is 557 g/mol. The van der Waals surface area contributed by atoms with Crippen LogP contribution in [0.15, 0.2) is 36.8 Å². The van der Waals surface area contributed by atoms with Crippen LogP contribution in [0.25, 0.3) is 22.1 Å². The lowest BCUT2D eigenvalue weighted by Crippen LogP contribution is -2.49. The summed E-state index contributed by atoms with van der Waals surface area (Å²) >= 11 is 0. The molecule has 2 aliphatic carbocycles. The first kappa shape index (κ1) is 28.2. The van der Waals surface area contributed by atoms with E-state index in [0.717, 1.165) is 48.3 Å². The second-order valence-corrected chi connectivity index (χ2v) is 14.1. The summed E-state index contributed by atoms with van der Waals surface area (Å²) in [4.78, 5) is 16.3. The quantitative estimate of drug-likeness (QED) is 0.291. The van der Waals surface area contributed by atoms with E-state index >= 15 is 0 Å². The molecule has 8 nitrogen and oxygen atoms in total. The number of rotatable bonds is 8. The highest BCUT2D eigenvalue weighted by molar-refractivity contribution is 5.86. The van der Waals surface area contributed by atoms with Gasteiger partial charge in [0, 0.05) is 38.3 Å². The van der Waals surface area contributed by atoms with E-state index in [0.29, 0.717) is 23.8 Å². The van der Waals surface area contributed by atoms with Gasteiger partial charge in [0.25, 0.3) is 0 Å². The number of aromatic nitrogens is 5. The number of anilines is 1. The van der Waals surface area contributed by atoms with Crippen LogP contribution in [-0.4, -0.2) is 58.8 Å². The van der Waals surface area contributed by atoms with Crippen molar-refractivity contribution in [2.75, 3.05) is 12.3 Å². The topological polar surface area (TPSA) is 98.0 Å². The van der Waals surface area contributed by atoms with E-state index in [1.165, 1.54) is 42.5 Å². The molecular weight excluding hydrogens is 510 g/mol. The number of nitrogens with two attached hydrogens (primary N) is 1. The van der Waals surface area contributed by atoms with Crippen LogP contribution in [0.4, 0.5) is 5.82 Å². The molecule has 220 valence electrons. The van der Waals surface area contributed by atoms with Crippen LogP contribution in [0.3, 0.4) is 0 Å². The van der Waals surface area contributed by atoms with E-state index in [2.05, 4.69) is 83.9 Å². The van der Waals surface area contributed by atoms with Crippen molar-refractivity contribution in [1.29, 1.82) is 0 Å². The van der Waals surface area contributed by atoms with Crippen molar-refractivity contribution in [3.05, 3.63) is 48.2 Å². The second-order valence-electron chi connectivity index (χ2n) is 14.1. The first-order valence-corrected chi connectivity index (χ1v) is 15.5. The molecule has 41 heavy (non-hydrogen) atoms. The average Bonchev–Trinajstić information content (AvgIpc) is 3.57. The maximum atomic E-state index is 11.0. The lowest BCUT2D eigenvalue weighted by molar-refractivity contribution is 0.0355. The number of hydrogen-bond acceptors (Lipinski definition) is 6. The summed E-state index contributed by atoms with van der Waals surface area (Å²) in [5.41, 5.74) is 10.7. The Hall–Kier alpha value is -2.97. The Bertz CT molecular complexity index is 1520. The summed E-state index contributed by atoms with van der Waals surface area (Å²) < 4.78 is 4.40. The molecule has 6 rings (SSSR count). The van der Waals surface area contributed by atoms with Crippen molar-refractivity contribution in [2.24, 2.45) is 18.9 Å². The SMILES string of the molecule is CC(C)N(C[C@@H]1C[C@@H](O)[C@H](n2ccc3c(N)ncnc32)C1)C1CC(CCc2nc3cc(C(C)(C)C)ccc3n2C)C1. The molecule has 0 saturated heterocycles. The smallest absolute Gasteiger partial charge is 0.145 e. The van der Waals surface area contributed by atoms with Crippen molar-refractivity contribution < 1.29 is 5.11 Å². The standard InChI is InChI=1S/C33H47N7O/c1-20(2)40(18-22-15-28(29(41)16-22)39-12-11-25-31(34)35-19-36-32(25)39)24-13-21(14-24)7-10-30-37-26-17-23(33(3,4)5)8-9-27(26)38(30)6/h8-9,11-12,17,19-22,24,28-29,41H,7,10,13-16,18H2,1-6H3,(H2,34,35,36)/t21?,22-,24?,28+,29+/m0/s1. The minimum Gasteiger partial charge on any atom is -0.391 e. The third-order valence-electron chi connectivity index (χ3n) is 9.92. The van der Waals surface area contributed by atoms with Crippen molar-refractivity contribution in [3.63, 3.8) is 0 Å². The van der Waals surface area contributed by atoms with Gasteiger partial charge in [0.15, 0.2) is 0 Å². The Kier molecular flexibility index (Phi) is 7.35. The lowest BCUT2D eigenvalue weighted by Gasteiger charge is -2.46. The first-order chi connectivity index (χ1) is 19.5. The van der Waals surface area contributed by atoms with E-state index in [4.69, 9.17) is 10.7 Å². The van der Waals surface area contributed by atoms with Crippen LogP contribution in [-0.2, 0) is 18.9 Å². The van der Waals surface area contributed by atoms with Crippen molar-refractivity contribution in [3.8, 4) is 0 Å². The summed E-state index contributed by atoms with van der Waals surface area (Å²) in [5.74, 6) is 2.91. The largest absolute Gasteiger partial charge is 0.391 e. The fourth-order valence-electron chi connectivity index (χ4n) is 7.36. The second kappa shape index (κ2) is 10.7. The van der Waals surface area contributed by atoms with E-state index in [1.54, 1.807) is 0 Å². The van der Waals surface area contributed by atoms with Crippen molar-refractivity contribution >= 4 is 27.9 Å².